The van der Waals surface area contributed by atoms with Crippen molar-refractivity contribution in [3.63, 3.8) is 0 Å². The molecular weight excluding hydrogens is 314 g/mol. The topological polar surface area (TPSA) is 22.8 Å². The summed E-state index contributed by atoms with van der Waals surface area (Å²) in [5.41, 5.74) is 3.38. The van der Waals surface area contributed by atoms with Crippen LogP contribution < -0.4 is 0 Å². The van der Waals surface area contributed by atoms with Gasteiger partial charge in [0.2, 0.25) is 0 Å². The van der Waals surface area contributed by atoms with Crippen LogP contribution in [0.25, 0.3) is 11.4 Å². The summed E-state index contributed by atoms with van der Waals surface area (Å²) in [4.78, 5) is 0. The highest BCUT2D eigenvalue weighted by Crippen LogP contribution is 2.21. The van der Waals surface area contributed by atoms with Crippen LogP contribution in [-0.4, -0.2) is 14.3 Å². The van der Waals surface area contributed by atoms with E-state index in [1.165, 1.54) is 11.1 Å². The van der Waals surface area contributed by atoms with Gasteiger partial charge >= 0.3 is 0 Å². The molecule has 0 bridgehead atoms. The number of nitrogens with zero attached hydrogens (tertiary/aromatic N) is 3. The molecule has 112 valence electrons. The normalized spacial score (nSPS) is 10.9. The fourth-order valence-electron chi connectivity index (χ4n) is 2.34. The van der Waals surface area contributed by atoms with E-state index in [1.54, 1.807) is 0 Å². The lowest BCUT2D eigenvalue weighted by Crippen LogP contribution is -2.02. The van der Waals surface area contributed by atoms with E-state index in [1.807, 2.05) is 40.6 Å². The van der Waals surface area contributed by atoms with Crippen molar-refractivity contribution in [1.82, 2.24) is 14.3 Å². The Morgan fingerprint density at radius 2 is 1.86 bits per heavy atom. The van der Waals surface area contributed by atoms with Gasteiger partial charge in [0.1, 0.15) is 0 Å². The first-order valence-electron chi connectivity index (χ1n) is 7.00. The largest absolute Gasteiger partial charge is 0.303 e. The predicted molar refractivity (Wildman–Crippen MR) is 92.8 cm³/mol. The maximum Gasteiger partial charge on any atom is 0.198 e. The molecule has 0 unspecified atom stereocenters. The van der Waals surface area contributed by atoms with Crippen molar-refractivity contribution in [2.75, 3.05) is 0 Å². The zero-order valence-corrected chi connectivity index (χ0v) is 14.0. The molecule has 0 N–H and O–H groups in total. The van der Waals surface area contributed by atoms with Gasteiger partial charge in [0, 0.05) is 17.6 Å². The van der Waals surface area contributed by atoms with E-state index < -0.39 is 0 Å². The van der Waals surface area contributed by atoms with Crippen LogP contribution in [0.5, 0.6) is 0 Å². The average molecular weight is 330 g/mol. The molecule has 0 atom stereocenters. The zero-order valence-electron chi connectivity index (χ0n) is 12.5. The Morgan fingerprint density at radius 3 is 2.55 bits per heavy atom. The zero-order chi connectivity index (χ0) is 15.7. The minimum atomic E-state index is 0.660. The maximum atomic E-state index is 6.07. The number of halogens is 1. The highest BCUT2D eigenvalue weighted by molar-refractivity contribution is 7.71. The molecule has 0 amide bonds. The Kier molecular flexibility index (Phi) is 4.14. The second kappa shape index (κ2) is 6.07. The van der Waals surface area contributed by atoms with Crippen molar-refractivity contribution in [2.45, 2.75) is 13.5 Å². The molecule has 5 heteroatoms. The van der Waals surface area contributed by atoms with Gasteiger partial charge in [-0.05, 0) is 36.8 Å². The van der Waals surface area contributed by atoms with E-state index >= 15 is 0 Å². The van der Waals surface area contributed by atoms with Crippen molar-refractivity contribution >= 4 is 23.8 Å². The fraction of sp³-hybridized carbons (Fsp3) is 0.176. The first-order chi connectivity index (χ1) is 10.5. The predicted octanol–water partition coefficient (Wildman–Crippen LogP) is 4.63. The molecule has 0 aliphatic heterocycles. The lowest BCUT2D eigenvalue weighted by Gasteiger charge is -2.02. The molecule has 0 fully saturated rings. The molecule has 1 aromatic heterocycles. The molecule has 1 heterocycles. The highest BCUT2D eigenvalue weighted by atomic mass is 35.5. The van der Waals surface area contributed by atoms with Crippen molar-refractivity contribution in [3.05, 3.63) is 69.5 Å². The van der Waals surface area contributed by atoms with Gasteiger partial charge in [-0.2, -0.15) is 5.10 Å². The molecule has 2 aromatic carbocycles. The van der Waals surface area contributed by atoms with Crippen LogP contribution >= 0.6 is 23.8 Å². The van der Waals surface area contributed by atoms with E-state index in [9.17, 15) is 0 Å². The molecule has 3 nitrogen and oxygen atoms in total. The lowest BCUT2D eigenvalue weighted by molar-refractivity contribution is 0.668. The summed E-state index contributed by atoms with van der Waals surface area (Å²) in [7, 11) is 1.93. The van der Waals surface area contributed by atoms with Crippen LogP contribution in [0.15, 0.2) is 48.5 Å². The molecule has 0 saturated carbocycles. The first-order valence-corrected chi connectivity index (χ1v) is 7.78. The van der Waals surface area contributed by atoms with Crippen LogP contribution in [0.2, 0.25) is 5.02 Å². The molecular formula is C17H16ClN3S. The Hall–Kier alpha value is -1.91. The van der Waals surface area contributed by atoms with Crippen LogP contribution in [0, 0.1) is 11.7 Å². The summed E-state index contributed by atoms with van der Waals surface area (Å²) in [5, 5.41) is 5.35. The van der Waals surface area contributed by atoms with Gasteiger partial charge in [-0.15, -0.1) is 0 Å². The smallest absolute Gasteiger partial charge is 0.198 e. The van der Waals surface area contributed by atoms with Crippen LogP contribution in [-0.2, 0) is 13.6 Å². The maximum absolute atomic E-state index is 6.07. The van der Waals surface area contributed by atoms with Crippen molar-refractivity contribution in [2.24, 2.45) is 7.05 Å². The van der Waals surface area contributed by atoms with E-state index in [2.05, 4.69) is 36.3 Å². The van der Waals surface area contributed by atoms with Gasteiger partial charge in [0.05, 0.1) is 6.54 Å². The third-order valence-electron chi connectivity index (χ3n) is 3.58. The van der Waals surface area contributed by atoms with Crippen LogP contribution in [0.1, 0.15) is 11.1 Å². The second-order valence-electron chi connectivity index (χ2n) is 5.32. The summed E-state index contributed by atoms with van der Waals surface area (Å²) >= 11 is 11.6. The number of hydrogen-bond donors (Lipinski definition) is 0. The summed E-state index contributed by atoms with van der Waals surface area (Å²) in [5.74, 6) is 0.819. The van der Waals surface area contributed by atoms with E-state index in [4.69, 9.17) is 23.8 Å². The number of hydrogen-bond acceptors (Lipinski definition) is 2. The fourth-order valence-corrected chi connectivity index (χ4v) is 2.72. The molecule has 3 aromatic rings. The molecule has 0 radical (unpaired) electrons. The van der Waals surface area contributed by atoms with Crippen molar-refractivity contribution in [3.8, 4) is 11.4 Å². The minimum Gasteiger partial charge on any atom is -0.303 e. The number of aryl methyl sites for hydroxylation is 1. The van der Waals surface area contributed by atoms with E-state index in [0.717, 1.165) is 11.4 Å². The molecule has 0 saturated heterocycles. The van der Waals surface area contributed by atoms with Crippen LogP contribution in [0.4, 0.5) is 0 Å². The first kappa shape index (κ1) is 15.0. The molecule has 22 heavy (non-hydrogen) atoms. The van der Waals surface area contributed by atoms with E-state index in [0.29, 0.717) is 16.3 Å². The third-order valence-corrected chi connectivity index (χ3v) is 4.30. The Balaban J connectivity index is 1.99. The van der Waals surface area contributed by atoms with Crippen molar-refractivity contribution in [1.29, 1.82) is 0 Å². The lowest BCUT2D eigenvalue weighted by atomic mass is 10.1. The van der Waals surface area contributed by atoms with Gasteiger partial charge in [-0.3, -0.25) is 0 Å². The molecule has 0 aliphatic rings. The van der Waals surface area contributed by atoms with E-state index in [-0.39, 0.29) is 0 Å². The van der Waals surface area contributed by atoms with Crippen molar-refractivity contribution < 1.29 is 0 Å². The number of rotatable bonds is 3. The monoisotopic (exact) mass is 329 g/mol. The number of aromatic nitrogens is 3. The van der Waals surface area contributed by atoms with Gasteiger partial charge < -0.3 is 4.57 Å². The summed E-state index contributed by atoms with van der Waals surface area (Å²) < 4.78 is 4.45. The highest BCUT2D eigenvalue weighted by Gasteiger charge is 2.10. The SMILES string of the molecule is Cc1ccc(Cn2nc(-c3cccc(Cl)c3)n(C)c2=S)cc1. The molecule has 0 aliphatic carbocycles. The number of benzene rings is 2. The summed E-state index contributed by atoms with van der Waals surface area (Å²) in [6, 6.07) is 16.0. The van der Waals surface area contributed by atoms with Gasteiger partial charge in [0.25, 0.3) is 0 Å². The second-order valence-corrected chi connectivity index (χ2v) is 6.12. The van der Waals surface area contributed by atoms with Crippen LogP contribution in [0.3, 0.4) is 0 Å². The third kappa shape index (κ3) is 2.98. The Labute approximate surface area is 139 Å². The quantitative estimate of drug-likeness (QED) is 0.654. The Bertz CT molecular complexity index is 862. The molecule has 0 spiro atoms. The summed E-state index contributed by atoms with van der Waals surface area (Å²) in [6.45, 7) is 2.74. The van der Waals surface area contributed by atoms with Gasteiger partial charge in [0.15, 0.2) is 10.6 Å². The molecule has 3 rings (SSSR count). The summed E-state index contributed by atoms with van der Waals surface area (Å²) in [6.07, 6.45) is 0. The standard InChI is InChI=1S/C17H16ClN3S/c1-12-6-8-13(9-7-12)11-21-17(22)20(2)16(19-21)14-4-3-5-15(18)10-14/h3-10H,11H2,1-2H3. The van der Waals surface area contributed by atoms with Gasteiger partial charge in [-0.1, -0.05) is 53.6 Å². The minimum absolute atomic E-state index is 0.660. The Morgan fingerprint density at radius 1 is 1.14 bits per heavy atom. The van der Waals surface area contributed by atoms with Gasteiger partial charge in [-0.25, -0.2) is 4.68 Å². The average Bonchev–Trinajstić information content (AvgIpc) is 2.78.